The Hall–Kier alpha value is -1.63. The highest BCUT2D eigenvalue weighted by Gasteiger charge is 2.59. The zero-order valence-electron chi connectivity index (χ0n) is 12.4. The maximum absolute atomic E-state index is 12.4. The van der Waals surface area contributed by atoms with Crippen LogP contribution < -0.4 is 0 Å². The molecule has 7 heteroatoms. The number of likely N-dealkylation sites (tertiary alicyclic amines) is 1. The van der Waals surface area contributed by atoms with Crippen LogP contribution in [0, 0.1) is 11.3 Å². The van der Waals surface area contributed by atoms with Crippen LogP contribution in [0.25, 0.3) is 0 Å². The summed E-state index contributed by atoms with van der Waals surface area (Å²) >= 11 is 0.452. The Labute approximate surface area is 136 Å². The van der Waals surface area contributed by atoms with Crippen LogP contribution in [0.2, 0.25) is 0 Å². The second kappa shape index (κ2) is 6.11. The van der Waals surface area contributed by atoms with Gasteiger partial charge in [0.05, 0.1) is 5.92 Å². The van der Waals surface area contributed by atoms with Crippen molar-refractivity contribution in [3.63, 3.8) is 0 Å². The molecule has 1 saturated heterocycles. The molecule has 1 saturated carbocycles. The van der Waals surface area contributed by atoms with Gasteiger partial charge in [0.2, 0.25) is 0 Å². The Balaban J connectivity index is 1.58. The number of piperidine rings is 1. The van der Waals surface area contributed by atoms with Crippen LogP contribution >= 0.6 is 11.8 Å². The van der Waals surface area contributed by atoms with Crippen LogP contribution in [0.4, 0.5) is 8.78 Å². The molecule has 1 aromatic rings. The smallest absolute Gasteiger partial charge is 0.307 e. The van der Waals surface area contributed by atoms with Crippen LogP contribution in [0.3, 0.4) is 0 Å². The van der Waals surface area contributed by atoms with Crippen LogP contribution in [-0.2, 0) is 4.79 Å². The molecule has 0 radical (unpaired) electrons. The first-order valence-corrected chi connectivity index (χ1v) is 8.36. The topological polar surface area (TPSA) is 57.6 Å². The minimum atomic E-state index is -2.48. The van der Waals surface area contributed by atoms with E-state index >= 15 is 0 Å². The highest BCUT2D eigenvalue weighted by molar-refractivity contribution is 7.99. The number of alkyl halides is 2. The van der Waals surface area contributed by atoms with E-state index in [1.807, 2.05) is 0 Å². The fraction of sp³-hybridized carbons (Fsp3) is 0.500. The van der Waals surface area contributed by atoms with Crippen molar-refractivity contribution < 1.29 is 23.5 Å². The molecule has 1 aliphatic heterocycles. The van der Waals surface area contributed by atoms with Gasteiger partial charge in [-0.3, -0.25) is 9.59 Å². The molecule has 1 aromatic carbocycles. The molecule has 0 bridgehead atoms. The van der Waals surface area contributed by atoms with Gasteiger partial charge in [-0.2, -0.15) is 8.78 Å². The summed E-state index contributed by atoms with van der Waals surface area (Å²) in [6, 6.07) is 6.18. The third-order valence-corrected chi connectivity index (χ3v) is 5.58. The lowest BCUT2D eigenvalue weighted by Gasteiger charge is -2.32. The van der Waals surface area contributed by atoms with Gasteiger partial charge in [-0.05, 0) is 48.9 Å². The van der Waals surface area contributed by atoms with E-state index in [4.69, 9.17) is 5.11 Å². The Kier molecular flexibility index (Phi) is 4.31. The standard InChI is InChI=1S/C16H17F2NO3S/c17-15(18)23-11-3-1-10(2-4-11)13(20)19-7-5-16(6-8-19)9-12(16)14(21)22/h1-4,12,15H,5-9H2,(H,21,22). The molecular formula is C16H17F2NO3S. The number of carbonyl (C=O) groups is 2. The largest absolute Gasteiger partial charge is 0.481 e. The number of rotatable bonds is 4. The third-order valence-electron chi connectivity index (χ3n) is 4.86. The molecule has 1 spiro atoms. The van der Waals surface area contributed by atoms with Gasteiger partial charge >= 0.3 is 5.97 Å². The van der Waals surface area contributed by atoms with E-state index in [9.17, 15) is 18.4 Å². The number of carboxylic acids is 1. The van der Waals surface area contributed by atoms with Crippen molar-refractivity contribution in [1.29, 1.82) is 0 Å². The summed E-state index contributed by atoms with van der Waals surface area (Å²) in [5.74, 6) is -3.60. The number of hydrogen-bond donors (Lipinski definition) is 1. The van der Waals surface area contributed by atoms with Crippen LogP contribution in [0.15, 0.2) is 29.2 Å². The van der Waals surface area contributed by atoms with Crippen molar-refractivity contribution in [1.82, 2.24) is 4.90 Å². The number of nitrogens with zero attached hydrogens (tertiary/aromatic N) is 1. The maximum atomic E-state index is 12.4. The minimum absolute atomic E-state index is 0.111. The van der Waals surface area contributed by atoms with E-state index in [-0.39, 0.29) is 17.2 Å². The number of carboxylic acid groups (broad SMARTS) is 1. The molecule has 0 aromatic heterocycles. The number of hydrogen-bond acceptors (Lipinski definition) is 3. The molecule has 1 atom stereocenters. The van der Waals surface area contributed by atoms with Gasteiger partial charge in [0.1, 0.15) is 0 Å². The SMILES string of the molecule is O=C(O)C1CC12CCN(C(=O)c1ccc(SC(F)F)cc1)CC2. The molecule has 1 amide bonds. The second-order valence-corrected chi connectivity index (χ2v) is 7.22. The normalized spacial score (nSPS) is 22.4. The second-order valence-electron chi connectivity index (χ2n) is 6.15. The van der Waals surface area contributed by atoms with E-state index in [1.165, 1.54) is 12.1 Å². The molecule has 4 nitrogen and oxygen atoms in total. The van der Waals surface area contributed by atoms with Crippen LogP contribution in [0.5, 0.6) is 0 Å². The first-order chi connectivity index (χ1) is 10.9. The predicted molar refractivity (Wildman–Crippen MR) is 81.6 cm³/mol. The number of aliphatic carboxylic acids is 1. The van der Waals surface area contributed by atoms with E-state index in [0.29, 0.717) is 41.7 Å². The van der Waals surface area contributed by atoms with Gasteiger partial charge in [-0.25, -0.2) is 0 Å². The monoisotopic (exact) mass is 341 g/mol. The maximum Gasteiger partial charge on any atom is 0.307 e. The van der Waals surface area contributed by atoms with Gasteiger partial charge in [0, 0.05) is 23.5 Å². The van der Waals surface area contributed by atoms with Gasteiger partial charge in [-0.15, -0.1) is 0 Å². The van der Waals surface area contributed by atoms with Gasteiger partial charge in [0.15, 0.2) is 0 Å². The van der Waals surface area contributed by atoms with Crippen molar-refractivity contribution >= 4 is 23.6 Å². The number of halogens is 2. The highest BCUT2D eigenvalue weighted by atomic mass is 32.2. The lowest BCUT2D eigenvalue weighted by Crippen LogP contribution is -2.40. The number of carbonyl (C=O) groups excluding carboxylic acids is 1. The van der Waals surface area contributed by atoms with Crippen LogP contribution in [0.1, 0.15) is 29.6 Å². The molecular weight excluding hydrogens is 324 g/mol. The van der Waals surface area contributed by atoms with Crippen molar-refractivity contribution in [3.8, 4) is 0 Å². The first-order valence-electron chi connectivity index (χ1n) is 7.48. The summed E-state index contributed by atoms with van der Waals surface area (Å²) < 4.78 is 24.6. The minimum Gasteiger partial charge on any atom is -0.481 e. The Morgan fingerprint density at radius 1 is 1.22 bits per heavy atom. The molecule has 1 unspecified atom stereocenters. The van der Waals surface area contributed by atoms with Crippen molar-refractivity contribution in [2.45, 2.75) is 29.9 Å². The number of thioether (sulfide) groups is 1. The molecule has 2 aliphatic rings. The summed E-state index contributed by atoms with van der Waals surface area (Å²) in [6.07, 6.45) is 2.15. The quantitative estimate of drug-likeness (QED) is 0.854. The summed E-state index contributed by atoms with van der Waals surface area (Å²) in [7, 11) is 0. The molecule has 1 aliphatic carbocycles. The predicted octanol–water partition coefficient (Wildman–Crippen LogP) is 3.33. The van der Waals surface area contributed by atoms with Gasteiger partial charge in [-0.1, -0.05) is 11.8 Å². The molecule has 124 valence electrons. The average molecular weight is 341 g/mol. The first kappa shape index (κ1) is 16.2. The Bertz CT molecular complexity index is 612. The fourth-order valence-corrected chi connectivity index (χ4v) is 3.87. The summed E-state index contributed by atoms with van der Waals surface area (Å²) in [6.45, 7) is 1.10. The van der Waals surface area contributed by atoms with Crippen molar-refractivity contribution in [2.24, 2.45) is 11.3 Å². The lowest BCUT2D eigenvalue weighted by molar-refractivity contribution is -0.139. The van der Waals surface area contributed by atoms with Gasteiger partial charge < -0.3 is 10.0 Å². The zero-order chi connectivity index (χ0) is 16.6. The van der Waals surface area contributed by atoms with Gasteiger partial charge in [0.25, 0.3) is 11.7 Å². The average Bonchev–Trinajstić information content (AvgIpc) is 3.22. The lowest BCUT2D eigenvalue weighted by atomic mass is 9.90. The Morgan fingerprint density at radius 2 is 1.83 bits per heavy atom. The summed E-state index contributed by atoms with van der Waals surface area (Å²) in [4.78, 5) is 25.6. The number of amides is 1. The molecule has 23 heavy (non-hydrogen) atoms. The molecule has 3 rings (SSSR count). The zero-order valence-corrected chi connectivity index (χ0v) is 13.2. The van der Waals surface area contributed by atoms with E-state index in [2.05, 4.69) is 0 Å². The molecule has 1 N–H and O–H groups in total. The van der Waals surface area contributed by atoms with Crippen LogP contribution in [-0.4, -0.2) is 40.7 Å². The van der Waals surface area contributed by atoms with Crippen molar-refractivity contribution in [2.75, 3.05) is 13.1 Å². The summed E-state index contributed by atoms with van der Waals surface area (Å²) in [5, 5.41) is 9.08. The number of benzene rings is 1. The third kappa shape index (κ3) is 3.34. The van der Waals surface area contributed by atoms with E-state index in [1.54, 1.807) is 17.0 Å². The van der Waals surface area contributed by atoms with E-state index in [0.717, 1.165) is 12.8 Å². The van der Waals surface area contributed by atoms with E-state index < -0.39 is 11.7 Å². The Morgan fingerprint density at radius 3 is 2.30 bits per heavy atom. The summed E-state index contributed by atoms with van der Waals surface area (Å²) in [5.41, 5.74) is 0.366. The molecule has 1 heterocycles. The fourth-order valence-electron chi connectivity index (χ4n) is 3.37. The highest BCUT2D eigenvalue weighted by Crippen LogP contribution is 2.59. The van der Waals surface area contributed by atoms with Crippen molar-refractivity contribution in [3.05, 3.63) is 29.8 Å². The molecule has 2 fully saturated rings.